The summed E-state index contributed by atoms with van der Waals surface area (Å²) < 4.78 is 40.3. The smallest absolute Gasteiger partial charge is 0.389 e. The van der Waals surface area contributed by atoms with Gasteiger partial charge in [-0.25, -0.2) is 0 Å². The lowest BCUT2D eigenvalue weighted by atomic mass is 10.2. The van der Waals surface area contributed by atoms with Crippen molar-refractivity contribution in [2.24, 2.45) is 5.73 Å². The lowest BCUT2D eigenvalue weighted by Gasteiger charge is -2.05. The van der Waals surface area contributed by atoms with Gasteiger partial charge in [-0.1, -0.05) is 5.10 Å². The van der Waals surface area contributed by atoms with Gasteiger partial charge in [0.1, 0.15) is 0 Å². The average molecular weight is 238 g/mol. The van der Waals surface area contributed by atoms with E-state index in [9.17, 15) is 13.2 Å². The van der Waals surface area contributed by atoms with Gasteiger partial charge in [-0.05, 0) is 12.8 Å². The molecule has 0 saturated heterocycles. The molecule has 0 fully saturated rings. The van der Waals surface area contributed by atoms with Crippen LogP contribution in [0.2, 0.25) is 0 Å². The third-order valence-corrected chi connectivity index (χ3v) is 1.80. The van der Waals surface area contributed by atoms with E-state index in [1.54, 1.807) is 0 Å². The number of alkyl halides is 3. The van der Waals surface area contributed by atoms with E-state index in [1.807, 2.05) is 0 Å². The molecule has 16 heavy (non-hydrogen) atoms. The molecule has 0 amide bonds. The van der Waals surface area contributed by atoms with E-state index >= 15 is 0 Å². The quantitative estimate of drug-likeness (QED) is 0.737. The fourth-order valence-corrected chi connectivity index (χ4v) is 1.05. The van der Waals surface area contributed by atoms with Crippen LogP contribution in [0.25, 0.3) is 0 Å². The highest BCUT2D eigenvalue weighted by molar-refractivity contribution is 5.16. The van der Waals surface area contributed by atoms with Crippen LogP contribution in [-0.4, -0.2) is 22.9 Å². The van der Waals surface area contributed by atoms with Crippen molar-refractivity contribution in [1.29, 1.82) is 0 Å². The second-order valence-electron chi connectivity index (χ2n) is 3.20. The number of nitrogens with zero attached hydrogens (tertiary/aromatic N) is 2. The molecule has 1 aromatic heterocycles. The molecule has 0 saturated carbocycles. The van der Waals surface area contributed by atoms with Gasteiger partial charge in [0, 0.05) is 13.0 Å². The molecule has 5 nitrogen and oxygen atoms in total. The molecule has 0 spiro atoms. The summed E-state index contributed by atoms with van der Waals surface area (Å²) in [4.78, 5) is 0. The zero-order valence-corrected chi connectivity index (χ0v) is 8.55. The standard InChI is InChI=1S/C8H13F3N4O/c9-8(10,11)3-1-2-4-13-7-15-14-6(5-12)16-7/h1-5,12H2,(H,13,15). The number of unbranched alkanes of at least 4 members (excludes halogenated alkanes) is 1. The molecular formula is C8H13F3N4O. The van der Waals surface area contributed by atoms with Crippen molar-refractivity contribution in [3.63, 3.8) is 0 Å². The van der Waals surface area contributed by atoms with Gasteiger partial charge in [-0.15, -0.1) is 5.10 Å². The summed E-state index contributed by atoms with van der Waals surface area (Å²) in [7, 11) is 0. The van der Waals surface area contributed by atoms with Gasteiger partial charge in [0.25, 0.3) is 0 Å². The molecule has 0 bridgehead atoms. The second-order valence-corrected chi connectivity index (χ2v) is 3.20. The topological polar surface area (TPSA) is 77.0 Å². The minimum atomic E-state index is -4.09. The Morgan fingerprint density at radius 3 is 2.56 bits per heavy atom. The number of anilines is 1. The number of aromatic nitrogens is 2. The number of rotatable bonds is 6. The normalized spacial score (nSPS) is 11.8. The van der Waals surface area contributed by atoms with Gasteiger partial charge in [0.05, 0.1) is 6.54 Å². The molecule has 1 rings (SSSR count). The average Bonchev–Trinajstić information content (AvgIpc) is 2.63. The van der Waals surface area contributed by atoms with Crippen LogP contribution in [0.5, 0.6) is 0 Å². The van der Waals surface area contributed by atoms with E-state index in [-0.39, 0.29) is 24.9 Å². The van der Waals surface area contributed by atoms with Crippen LogP contribution < -0.4 is 11.1 Å². The molecule has 3 N–H and O–H groups in total. The highest BCUT2D eigenvalue weighted by atomic mass is 19.4. The maximum Gasteiger partial charge on any atom is 0.389 e. The van der Waals surface area contributed by atoms with Crippen molar-refractivity contribution in [2.45, 2.75) is 32.0 Å². The van der Waals surface area contributed by atoms with E-state index in [4.69, 9.17) is 10.2 Å². The van der Waals surface area contributed by atoms with E-state index in [2.05, 4.69) is 15.5 Å². The second kappa shape index (κ2) is 5.69. The van der Waals surface area contributed by atoms with Gasteiger partial charge in [0.15, 0.2) is 0 Å². The molecule has 0 aliphatic heterocycles. The number of nitrogens with two attached hydrogens (primary N) is 1. The maximum absolute atomic E-state index is 11.8. The molecule has 1 heterocycles. The fraction of sp³-hybridized carbons (Fsp3) is 0.750. The first kappa shape index (κ1) is 12.8. The Hall–Kier alpha value is -1.31. The molecule has 0 aliphatic carbocycles. The molecule has 0 unspecified atom stereocenters. The molecule has 0 radical (unpaired) electrons. The first-order valence-electron chi connectivity index (χ1n) is 4.84. The van der Waals surface area contributed by atoms with Crippen molar-refractivity contribution in [1.82, 2.24) is 10.2 Å². The molecule has 8 heteroatoms. The molecule has 1 aromatic rings. The van der Waals surface area contributed by atoms with Crippen LogP contribution in [0.15, 0.2) is 4.42 Å². The third kappa shape index (κ3) is 4.96. The van der Waals surface area contributed by atoms with Crippen LogP contribution in [-0.2, 0) is 6.54 Å². The molecular weight excluding hydrogens is 225 g/mol. The van der Waals surface area contributed by atoms with Crippen LogP contribution in [0, 0.1) is 0 Å². The monoisotopic (exact) mass is 238 g/mol. The molecule has 0 aliphatic rings. The summed E-state index contributed by atoms with van der Waals surface area (Å²) in [6, 6.07) is 0.187. The third-order valence-electron chi connectivity index (χ3n) is 1.80. The van der Waals surface area contributed by atoms with E-state index < -0.39 is 12.6 Å². The first-order valence-corrected chi connectivity index (χ1v) is 4.84. The maximum atomic E-state index is 11.8. The zero-order chi connectivity index (χ0) is 12.0. The van der Waals surface area contributed by atoms with Gasteiger partial charge >= 0.3 is 12.2 Å². The van der Waals surface area contributed by atoms with E-state index in [0.29, 0.717) is 13.0 Å². The van der Waals surface area contributed by atoms with Gasteiger partial charge in [-0.2, -0.15) is 13.2 Å². The van der Waals surface area contributed by atoms with Crippen molar-refractivity contribution >= 4 is 6.01 Å². The number of hydrogen-bond donors (Lipinski definition) is 2. The largest absolute Gasteiger partial charge is 0.407 e. The van der Waals surface area contributed by atoms with Crippen LogP contribution >= 0.6 is 0 Å². The Bertz CT molecular complexity index is 312. The van der Waals surface area contributed by atoms with Crippen molar-refractivity contribution in [2.75, 3.05) is 11.9 Å². The van der Waals surface area contributed by atoms with Gasteiger partial charge in [-0.3, -0.25) is 0 Å². The Balaban J connectivity index is 2.11. The van der Waals surface area contributed by atoms with Crippen LogP contribution in [0.3, 0.4) is 0 Å². The Morgan fingerprint density at radius 1 is 1.25 bits per heavy atom. The van der Waals surface area contributed by atoms with Crippen molar-refractivity contribution < 1.29 is 17.6 Å². The fourth-order valence-electron chi connectivity index (χ4n) is 1.05. The summed E-state index contributed by atoms with van der Waals surface area (Å²) in [5, 5.41) is 9.91. The van der Waals surface area contributed by atoms with Crippen molar-refractivity contribution in [3.8, 4) is 0 Å². The number of hydrogen-bond acceptors (Lipinski definition) is 5. The summed E-state index contributed by atoms with van der Waals surface area (Å²) in [6.45, 7) is 0.505. The van der Waals surface area contributed by atoms with Gasteiger partial charge < -0.3 is 15.5 Å². The Morgan fingerprint density at radius 2 is 2.00 bits per heavy atom. The van der Waals surface area contributed by atoms with Crippen LogP contribution in [0.1, 0.15) is 25.2 Å². The lowest BCUT2D eigenvalue weighted by Crippen LogP contribution is -2.08. The highest BCUT2D eigenvalue weighted by Gasteiger charge is 2.25. The molecule has 92 valence electrons. The summed E-state index contributed by atoms with van der Waals surface area (Å²) in [5.41, 5.74) is 5.24. The lowest BCUT2D eigenvalue weighted by molar-refractivity contribution is -0.135. The minimum absolute atomic E-state index is 0.0778. The van der Waals surface area contributed by atoms with Crippen LogP contribution in [0.4, 0.5) is 19.2 Å². The Labute approximate surface area is 90.2 Å². The van der Waals surface area contributed by atoms with Gasteiger partial charge in [0.2, 0.25) is 5.89 Å². The zero-order valence-electron chi connectivity index (χ0n) is 8.55. The predicted octanol–water partition coefficient (Wildman–Crippen LogP) is 1.67. The van der Waals surface area contributed by atoms with Crippen molar-refractivity contribution in [3.05, 3.63) is 5.89 Å². The minimum Gasteiger partial charge on any atom is -0.407 e. The summed E-state index contributed by atoms with van der Waals surface area (Å²) in [5.74, 6) is 0.290. The Kier molecular flexibility index (Phi) is 4.53. The number of nitrogens with one attached hydrogen (secondary N) is 1. The van der Waals surface area contributed by atoms with E-state index in [1.165, 1.54) is 0 Å². The van der Waals surface area contributed by atoms with E-state index in [0.717, 1.165) is 0 Å². The summed E-state index contributed by atoms with van der Waals surface area (Å²) >= 11 is 0. The number of halogens is 3. The first-order chi connectivity index (χ1) is 7.51. The molecule has 0 aromatic carbocycles. The molecule has 0 atom stereocenters. The highest BCUT2D eigenvalue weighted by Crippen LogP contribution is 2.22. The summed E-state index contributed by atoms with van der Waals surface area (Å²) in [6.07, 6.45) is -4.39. The SMILES string of the molecule is NCc1nnc(NCCCCC(F)(F)F)o1. The predicted molar refractivity (Wildman–Crippen MR) is 50.6 cm³/mol.